The Balaban J connectivity index is 1.91. The van der Waals surface area contributed by atoms with E-state index in [4.69, 9.17) is 9.47 Å². The average Bonchev–Trinajstić information content (AvgIpc) is 2.68. The van der Waals surface area contributed by atoms with Crippen molar-refractivity contribution in [1.29, 1.82) is 0 Å². The maximum Gasteiger partial charge on any atom is 0.256 e. The molecule has 0 saturated heterocycles. The lowest BCUT2D eigenvalue weighted by Crippen LogP contribution is -2.48. The first-order chi connectivity index (χ1) is 13.4. The van der Waals surface area contributed by atoms with Gasteiger partial charge in [0.2, 0.25) is 0 Å². The van der Waals surface area contributed by atoms with Gasteiger partial charge >= 0.3 is 0 Å². The molecule has 1 amide bonds. The summed E-state index contributed by atoms with van der Waals surface area (Å²) in [7, 11) is 0. The van der Waals surface area contributed by atoms with Crippen LogP contribution in [-0.2, 0) is 9.53 Å². The molecule has 1 saturated carbocycles. The van der Waals surface area contributed by atoms with Gasteiger partial charge in [0.05, 0.1) is 11.8 Å². The zero-order valence-corrected chi connectivity index (χ0v) is 17.5. The third kappa shape index (κ3) is 4.46. The number of benzene rings is 1. The van der Waals surface area contributed by atoms with Crippen LogP contribution in [0.1, 0.15) is 59.8 Å². The third-order valence-electron chi connectivity index (χ3n) is 5.30. The minimum Gasteiger partial charge on any atom is -0.489 e. The number of rotatable bonds is 7. The van der Waals surface area contributed by atoms with Crippen molar-refractivity contribution in [3.8, 4) is 5.75 Å². The number of carbonyl (C=O) groups excluding carboxylic acids is 1. The highest BCUT2D eigenvalue weighted by molar-refractivity contribution is 6.05. The number of hydrogen-bond donors (Lipinski definition) is 1. The normalized spacial score (nSPS) is 22.4. The monoisotopic (exact) mass is 384 g/mol. The van der Waals surface area contributed by atoms with E-state index < -0.39 is 5.60 Å². The fourth-order valence-corrected chi connectivity index (χ4v) is 4.04. The highest BCUT2D eigenvalue weighted by Gasteiger charge is 2.42. The minimum absolute atomic E-state index is 0.0461. The van der Waals surface area contributed by atoms with Crippen molar-refractivity contribution in [2.45, 2.75) is 71.5 Å². The van der Waals surface area contributed by atoms with Crippen molar-refractivity contribution in [2.24, 2.45) is 5.92 Å². The number of fused-ring (bicyclic) bond motifs is 1. The molecule has 28 heavy (non-hydrogen) atoms. The van der Waals surface area contributed by atoms with Gasteiger partial charge in [0.25, 0.3) is 5.91 Å². The number of carbonyl (C=O) groups is 1. The maximum absolute atomic E-state index is 13.4. The number of ether oxygens (including phenoxy) is 2. The van der Waals surface area contributed by atoms with Crippen LogP contribution in [0, 0.1) is 5.92 Å². The molecule has 1 aliphatic carbocycles. The van der Waals surface area contributed by atoms with Crippen LogP contribution in [0.4, 0.5) is 5.69 Å². The van der Waals surface area contributed by atoms with Gasteiger partial charge in [-0.15, -0.1) is 0 Å². The summed E-state index contributed by atoms with van der Waals surface area (Å²) in [6.07, 6.45) is 6.41. The van der Waals surface area contributed by atoms with Crippen molar-refractivity contribution in [3.63, 3.8) is 0 Å². The Morgan fingerprint density at radius 1 is 1.36 bits per heavy atom. The number of nitrogens with zero attached hydrogens (tertiary/aromatic N) is 1. The lowest BCUT2D eigenvalue weighted by atomic mass is 9.78. The van der Waals surface area contributed by atoms with E-state index in [1.54, 1.807) is 6.20 Å². The second kappa shape index (κ2) is 8.91. The molecule has 1 fully saturated rings. The summed E-state index contributed by atoms with van der Waals surface area (Å²) in [6.45, 7) is 8.86. The van der Waals surface area contributed by atoms with Gasteiger partial charge in [-0.25, -0.2) is 0 Å². The molecule has 2 atom stereocenters. The smallest absolute Gasteiger partial charge is 0.256 e. The largest absolute Gasteiger partial charge is 0.489 e. The Morgan fingerprint density at radius 2 is 2.18 bits per heavy atom. The summed E-state index contributed by atoms with van der Waals surface area (Å²) in [5.41, 5.74) is 0.770. The molecule has 3 rings (SSSR count). The molecular formula is C23H32N2O3. The van der Waals surface area contributed by atoms with Gasteiger partial charge in [-0.3, -0.25) is 9.78 Å². The van der Waals surface area contributed by atoms with Crippen LogP contribution in [-0.4, -0.2) is 29.2 Å². The number of nitrogens with one attached hydrogen (secondary N) is 1. The van der Waals surface area contributed by atoms with E-state index in [0.717, 1.165) is 54.4 Å². The van der Waals surface area contributed by atoms with Crippen LogP contribution >= 0.6 is 0 Å². The molecule has 0 bridgehead atoms. The van der Waals surface area contributed by atoms with Crippen molar-refractivity contribution < 1.29 is 14.3 Å². The van der Waals surface area contributed by atoms with E-state index in [0.29, 0.717) is 12.5 Å². The number of aromatic nitrogens is 1. The lowest BCUT2D eigenvalue weighted by molar-refractivity contribution is -0.148. The molecular weight excluding hydrogens is 352 g/mol. The molecule has 0 radical (unpaired) electrons. The zero-order valence-electron chi connectivity index (χ0n) is 17.5. The molecule has 0 spiro atoms. The Morgan fingerprint density at radius 3 is 2.89 bits per heavy atom. The van der Waals surface area contributed by atoms with Crippen molar-refractivity contribution >= 4 is 22.5 Å². The SMILES string of the molecule is CCCO[C@@]1(C(=O)Nc2ccc(OC(C)C)c3ncccc23)CCC[C@H](C)C1. The summed E-state index contributed by atoms with van der Waals surface area (Å²) in [4.78, 5) is 17.8. The standard InChI is InChI=1S/C23H32N2O3/c1-5-14-27-23(12-6-8-17(4)15-23)22(26)25-19-10-11-20(28-16(2)3)21-18(19)9-7-13-24-21/h7,9-11,13,16-17H,5-6,8,12,14-15H2,1-4H3,(H,25,26)/t17-,23-/m0/s1. The van der Waals surface area contributed by atoms with E-state index >= 15 is 0 Å². The van der Waals surface area contributed by atoms with E-state index in [9.17, 15) is 4.79 Å². The Bertz CT molecular complexity index is 821. The fourth-order valence-electron chi connectivity index (χ4n) is 4.04. The second-order valence-corrected chi connectivity index (χ2v) is 8.18. The Labute approximate surface area is 167 Å². The zero-order chi connectivity index (χ0) is 20.1. The van der Waals surface area contributed by atoms with Crippen LogP contribution in [0.3, 0.4) is 0 Å². The Hall–Kier alpha value is -2.14. The fraction of sp³-hybridized carbons (Fsp3) is 0.565. The van der Waals surface area contributed by atoms with Crippen molar-refractivity contribution in [3.05, 3.63) is 30.5 Å². The molecule has 2 aromatic rings. The molecule has 152 valence electrons. The Kier molecular flexibility index (Phi) is 6.55. The molecule has 0 unspecified atom stereocenters. The molecule has 0 aliphatic heterocycles. The third-order valence-corrected chi connectivity index (χ3v) is 5.30. The quantitative estimate of drug-likeness (QED) is 0.700. The number of pyridine rings is 1. The number of anilines is 1. The van der Waals surface area contributed by atoms with E-state index in [1.165, 1.54) is 0 Å². The molecule has 1 aromatic carbocycles. The molecule has 1 heterocycles. The van der Waals surface area contributed by atoms with E-state index in [1.807, 2.05) is 38.1 Å². The lowest BCUT2D eigenvalue weighted by Gasteiger charge is -2.38. The van der Waals surface area contributed by atoms with Crippen LogP contribution in [0.25, 0.3) is 10.9 Å². The van der Waals surface area contributed by atoms with Crippen LogP contribution < -0.4 is 10.1 Å². The van der Waals surface area contributed by atoms with Gasteiger partial charge in [-0.05, 0) is 69.7 Å². The maximum atomic E-state index is 13.4. The highest BCUT2D eigenvalue weighted by atomic mass is 16.5. The summed E-state index contributed by atoms with van der Waals surface area (Å²) in [5.74, 6) is 1.17. The predicted molar refractivity (Wildman–Crippen MR) is 113 cm³/mol. The predicted octanol–water partition coefficient (Wildman–Crippen LogP) is 5.34. The van der Waals surface area contributed by atoms with Gasteiger partial charge in [0, 0.05) is 18.2 Å². The van der Waals surface area contributed by atoms with Gasteiger partial charge in [0.1, 0.15) is 16.9 Å². The molecule has 5 heteroatoms. The van der Waals surface area contributed by atoms with Gasteiger partial charge in [-0.2, -0.15) is 0 Å². The van der Waals surface area contributed by atoms with E-state index in [-0.39, 0.29) is 12.0 Å². The first-order valence-electron chi connectivity index (χ1n) is 10.4. The molecule has 1 aliphatic rings. The van der Waals surface area contributed by atoms with Crippen LogP contribution in [0.2, 0.25) is 0 Å². The first kappa shape index (κ1) is 20.6. The number of hydrogen-bond acceptors (Lipinski definition) is 4. The molecule has 5 nitrogen and oxygen atoms in total. The van der Waals surface area contributed by atoms with Crippen molar-refractivity contribution in [1.82, 2.24) is 4.98 Å². The highest BCUT2D eigenvalue weighted by Crippen LogP contribution is 2.37. The number of amides is 1. The van der Waals surface area contributed by atoms with Gasteiger partial charge < -0.3 is 14.8 Å². The van der Waals surface area contributed by atoms with Gasteiger partial charge in [0.15, 0.2) is 0 Å². The van der Waals surface area contributed by atoms with E-state index in [2.05, 4.69) is 24.1 Å². The average molecular weight is 385 g/mol. The van der Waals surface area contributed by atoms with Crippen molar-refractivity contribution in [2.75, 3.05) is 11.9 Å². The van der Waals surface area contributed by atoms with Crippen LogP contribution in [0.15, 0.2) is 30.5 Å². The van der Waals surface area contributed by atoms with Crippen LogP contribution in [0.5, 0.6) is 5.75 Å². The summed E-state index contributed by atoms with van der Waals surface area (Å²) in [6, 6.07) is 7.63. The molecule has 1 aromatic heterocycles. The molecule has 1 N–H and O–H groups in total. The first-order valence-corrected chi connectivity index (χ1v) is 10.4. The second-order valence-electron chi connectivity index (χ2n) is 8.18. The summed E-state index contributed by atoms with van der Waals surface area (Å²) < 4.78 is 12.1. The topological polar surface area (TPSA) is 60.5 Å². The summed E-state index contributed by atoms with van der Waals surface area (Å²) in [5, 5.41) is 4.02. The van der Waals surface area contributed by atoms with Gasteiger partial charge in [-0.1, -0.05) is 20.3 Å². The summed E-state index contributed by atoms with van der Waals surface area (Å²) >= 11 is 0. The minimum atomic E-state index is -0.741.